The van der Waals surface area contributed by atoms with Gasteiger partial charge < -0.3 is 14.4 Å². The Morgan fingerprint density at radius 3 is 2.45 bits per heavy atom. The van der Waals surface area contributed by atoms with Crippen LogP contribution in [0, 0.1) is 20.8 Å². The number of carbonyl (C=O) groups excluding carboxylic acids is 2. The molecule has 0 radical (unpaired) electrons. The number of halogens is 1. The van der Waals surface area contributed by atoms with Crippen LogP contribution >= 0.6 is 11.6 Å². The maximum absolute atomic E-state index is 12.0. The minimum absolute atomic E-state index is 0.0308. The molecule has 6 heteroatoms. The van der Waals surface area contributed by atoms with Gasteiger partial charge in [0, 0.05) is 34.2 Å². The second-order valence-corrected chi connectivity index (χ2v) is 7.88. The molecule has 0 saturated carbocycles. The molecule has 1 saturated heterocycles. The molecular weight excluding hydrogens is 390 g/mol. The van der Waals surface area contributed by atoms with E-state index in [1.807, 2.05) is 10.6 Å². The first-order valence-electron chi connectivity index (χ1n) is 9.25. The lowest BCUT2D eigenvalue weighted by Crippen LogP contribution is -2.08. The number of esters is 1. The normalized spacial score (nSPS) is 15.9. The third kappa shape index (κ3) is 3.32. The summed E-state index contributed by atoms with van der Waals surface area (Å²) in [6.45, 7) is 6.60. The third-order valence-corrected chi connectivity index (χ3v) is 5.60. The Kier molecular flexibility index (Phi) is 4.71. The Hall–Kier alpha value is -3.05. The molecule has 0 unspecified atom stereocenters. The molecule has 1 fully saturated rings. The summed E-state index contributed by atoms with van der Waals surface area (Å²) in [7, 11) is 0. The maximum Gasteiger partial charge on any atom is 0.379 e. The van der Waals surface area contributed by atoms with Crippen LogP contribution in [0.4, 0.5) is 0 Å². The molecule has 29 heavy (non-hydrogen) atoms. The van der Waals surface area contributed by atoms with E-state index < -0.39 is 11.8 Å². The number of cyclic esters (lactones) is 1. The quantitative estimate of drug-likeness (QED) is 0.295. The highest BCUT2D eigenvalue weighted by Gasteiger charge is 2.33. The molecule has 0 atom stereocenters. The lowest BCUT2D eigenvalue weighted by atomic mass is 10.00. The number of Topliss-reactive ketones (excluding diaryl/α,β-unsaturated/α-hetero) is 1. The molecule has 1 N–H and O–H groups in total. The Morgan fingerprint density at radius 2 is 1.83 bits per heavy atom. The zero-order valence-electron chi connectivity index (χ0n) is 16.4. The van der Waals surface area contributed by atoms with Gasteiger partial charge in [-0.2, -0.15) is 0 Å². The molecule has 0 amide bonds. The Bertz CT molecular complexity index is 1200. The molecule has 148 valence electrons. The van der Waals surface area contributed by atoms with Gasteiger partial charge in [0.05, 0.1) is 5.57 Å². The van der Waals surface area contributed by atoms with Crippen molar-refractivity contribution in [2.75, 3.05) is 6.61 Å². The van der Waals surface area contributed by atoms with Gasteiger partial charge in [-0.15, -0.1) is 0 Å². The Labute approximate surface area is 173 Å². The number of ether oxygens (including phenoxy) is 1. The molecule has 1 aliphatic heterocycles. The van der Waals surface area contributed by atoms with Gasteiger partial charge in [0.2, 0.25) is 0 Å². The summed E-state index contributed by atoms with van der Waals surface area (Å²) in [5, 5.41) is 12.0. The lowest BCUT2D eigenvalue weighted by molar-refractivity contribution is -0.146. The minimum Gasteiger partial charge on any atom is -0.507 e. The predicted octanol–water partition coefficient (Wildman–Crippen LogP) is 4.66. The average Bonchev–Trinajstić information content (AvgIpc) is 3.18. The molecule has 1 aliphatic rings. The first-order valence-corrected chi connectivity index (χ1v) is 9.63. The van der Waals surface area contributed by atoms with E-state index >= 15 is 0 Å². The van der Waals surface area contributed by atoms with Crippen LogP contribution in [-0.2, 0) is 20.9 Å². The van der Waals surface area contributed by atoms with Crippen LogP contribution < -0.4 is 0 Å². The topological polar surface area (TPSA) is 68.5 Å². The van der Waals surface area contributed by atoms with Crippen molar-refractivity contribution in [1.29, 1.82) is 0 Å². The number of fused-ring (bicyclic) bond motifs is 1. The summed E-state index contributed by atoms with van der Waals surface area (Å²) < 4.78 is 6.78. The number of nitrogens with zero attached hydrogens (tertiary/aromatic N) is 1. The van der Waals surface area contributed by atoms with E-state index in [0.717, 1.165) is 5.52 Å². The van der Waals surface area contributed by atoms with Gasteiger partial charge in [-0.3, -0.25) is 4.79 Å². The van der Waals surface area contributed by atoms with Gasteiger partial charge in [0.15, 0.2) is 0 Å². The smallest absolute Gasteiger partial charge is 0.379 e. The monoisotopic (exact) mass is 409 g/mol. The van der Waals surface area contributed by atoms with Gasteiger partial charge in [0.25, 0.3) is 5.78 Å². The number of rotatable bonds is 3. The molecule has 3 aromatic rings. The summed E-state index contributed by atoms with van der Waals surface area (Å²) in [5.41, 5.74) is 6.06. The SMILES string of the molecule is Cc1cc(C)c(Cn2cc(/C(O)=C3\COC(=O)C3=O)c3cc(Cl)ccc32)c(C)c1. The van der Waals surface area contributed by atoms with Crippen LogP contribution in [0.5, 0.6) is 0 Å². The molecule has 2 heterocycles. The number of ketones is 1. The van der Waals surface area contributed by atoms with E-state index in [2.05, 4.69) is 32.9 Å². The lowest BCUT2D eigenvalue weighted by Gasteiger charge is -2.13. The number of aliphatic hydroxyl groups excluding tert-OH is 1. The molecule has 0 bridgehead atoms. The molecule has 5 nitrogen and oxygen atoms in total. The molecule has 2 aromatic carbocycles. The summed E-state index contributed by atoms with van der Waals surface area (Å²) in [5.74, 6) is -2.00. The van der Waals surface area contributed by atoms with Gasteiger partial charge in [0.1, 0.15) is 12.4 Å². The van der Waals surface area contributed by atoms with Gasteiger partial charge >= 0.3 is 5.97 Å². The van der Waals surface area contributed by atoms with Crippen LogP contribution in [-0.4, -0.2) is 28.0 Å². The van der Waals surface area contributed by atoms with Crippen molar-refractivity contribution in [1.82, 2.24) is 4.57 Å². The van der Waals surface area contributed by atoms with E-state index in [1.54, 1.807) is 18.3 Å². The first-order chi connectivity index (χ1) is 13.8. The third-order valence-electron chi connectivity index (χ3n) is 5.36. The minimum atomic E-state index is -0.945. The average molecular weight is 410 g/mol. The first kappa shape index (κ1) is 19.3. The second kappa shape index (κ2) is 7.08. The fourth-order valence-corrected chi connectivity index (χ4v) is 4.12. The van der Waals surface area contributed by atoms with Crippen LogP contribution in [0.2, 0.25) is 5.02 Å². The predicted molar refractivity (Wildman–Crippen MR) is 112 cm³/mol. The standard InChI is InChI=1S/C23H20ClNO4/c1-12-6-13(2)17(14(3)7-12)9-25-10-18(16-8-15(24)4-5-20(16)25)21(26)19-11-29-23(28)22(19)27/h4-8,10,26H,9,11H2,1-3H3/b21-19-. The number of hydrogen-bond acceptors (Lipinski definition) is 4. The number of aliphatic hydroxyl groups is 1. The van der Waals surface area contributed by atoms with Crippen molar-refractivity contribution in [2.24, 2.45) is 0 Å². The van der Waals surface area contributed by atoms with E-state index in [0.29, 0.717) is 22.5 Å². The highest BCUT2D eigenvalue weighted by atomic mass is 35.5. The fourth-order valence-electron chi connectivity index (χ4n) is 3.95. The number of benzene rings is 2. The van der Waals surface area contributed by atoms with E-state index in [9.17, 15) is 14.7 Å². The number of aromatic nitrogens is 1. The summed E-state index contributed by atoms with van der Waals surface area (Å²) in [6.07, 6.45) is 1.79. The van der Waals surface area contributed by atoms with Gasteiger partial charge in [-0.1, -0.05) is 29.3 Å². The van der Waals surface area contributed by atoms with Crippen molar-refractivity contribution in [3.63, 3.8) is 0 Å². The zero-order valence-corrected chi connectivity index (χ0v) is 17.1. The zero-order chi connectivity index (χ0) is 20.9. The number of hydrogen-bond donors (Lipinski definition) is 1. The van der Waals surface area contributed by atoms with Crippen LogP contribution in [0.1, 0.15) is 27.8 Å². The Morgan fingerprint density at radius 1 is 1.14 bits per heavy atom. The van der Waals surface area contributed by atoms with Crippen molar-refractivity contribution in [3.05, 3.63) is 74.9 Å². The Balaban J connectivity index is 1.89. The fraction of sp³-hybridized carbons (Fsp3) is 0.217. The van der Waals surface area contributed by atoms with Crippen LogP contribution in [0.25, 0.3) is 16.7 Å². The number of aryl methyl sites for hydroxylation is 3. The summed E-state index contributed by atoms with van der Waals surface area (Å²) in [4.78, 5) is 23.5. The van der Waals surface area contributed by atoms with E-state index in [1.165, 1.54) is 22.3 Å². The van der Waals surface area contributed by atoms with E-state index in [-0.39, 0.29) is 17.9 Å². The van der Waals surface area contributed by atoms with Crippen LogP contribution in [0.15, 0.2) is 42.1 Å². The molecule has 1 aromatic heterocycles. The summed E-state index contributed by atoms with van der Waals surface area (Å²) in [6, 6.07) is 9.71. The highest BCUT2D eigenvalue weighted by Crippen LogP contribution is 2.32. The summed E-state index contributed by atoms with van der Waals surface area (Å²) >= 11 is 6.19. The molecular formula is C23H20ClNO4. The molecule has 0 aliphatic carbocycles. The van der Waals surface area contributed by atoms with Crippen molar-refractivity contribution in [3.8, 4) is 0 Å². The van der Waals surface area contributed by atoms with Gasteiger partial charge in [-0.05, 0) is 55.7 Å². The largest absolute Gasteiger partial charge is 0.507 e. The van der Waals surface area contributed by atoms with Crippen LogP contribution in [0.3, 0.4) is 0 Å². The number of carbonyl (C=O) groups is 2. The van der Waals surface area contributed by atoms with Crippen molar-refractivity contribution < 1.29 is 19.4 Å². The second-order valence-electron chi connectivity index (χ2n) is 7.44. The highest BCUT2D eigenvalue weighted by molar-refractivity contribution is 6.43. The van der Waals surface area contributed by atoms with Crippen molar-refractivity contribution >= 4 is 40.0 Å². The van der Waals surface area contributed by atoms with Crippen molar-refractivity contribution in [2.45, 2.75) is 27.3 Å². The van der Waals surface area contributed by atoms with E-state index in [4.69, 9.17) is 16.3 Å². The molecule has 4 rings (SSSR count). The van der Waals surface area contributed by atoms with Gasteiger partial charge in [-0.25, -0.2) is 4.79 Å². The maximum atomic E-state index is 12.0. The molecule has 0 spiro atoms.